The third-order valence-electron chi connectivity index (χ3n) is 3.54. The first kappa shape index (κ1) is 15.9. The van der Waals surface area contributed by atoms with Gasteiger partial charge in [-0.2, -0.15) is 0 Å². The van der Waals surface area contributed by atoms with Gasteiger partial charge >= 0.3 is 0 Å². The van der Waals surface area contributed by atoms with Gasteiger partial charge in [-0.05, 0) is 57.1 Å². The molecule has 0 heterocycles. The number of aryl methyl sites for hydroxylation is 3. The van der Waals surface area contributed by atoms with Crippen LogP contribution in [0, 0.1) is 20.8 Å². The minimum atomic E-state index is 0.166. The van der Waals surface area contributed by atoms with Crippen LogP contribution < -0.4 is 10.1 Å². The zero-order valence-corrected chi connectivity index (χ0v) is 13.8. The third-order valence-corrected chi connectivity index (χ3v) is 3.97. The van der Waals surface area contributed by atoms with Crippen LogP contribution in [-0.2, 0) is 0 Å². The summed E-state index contributed by atoms with van der Waals surface area (Å²) >= 11 is 6.03. The van der Waals surface area contributed by atoms with Crippen LogP contribution >= 0.6 is 11.6 Å². The van der Waals surface area contributed by atoms with Crippen molar-refractivity contribution in [3.63, 3.8) is 0 Å². The molecule has 2 rings (SSSR count). The Kier molecular flexibility index (Phi) is 5.27. The number of nitrogens with one attached hydrogen (secondary N) is 1. The Morgan fingerprint density at radius 3 is 2.29 bits per heavy atom. The highest BCUT2D eigenvalue weighted by Crippen LogP contribution is 2.23. The van der Waals surface area contributed by atoms with Crippen molar-refractivity contribution >= 4 is 11.6 Å². The molecule has 112 valence electrons. The Hall–Kier alpha value is -1.51. The first-order valence-corrected chi connectivity index (χ1v) is 7.52. The summed E-state index contributed by atoms with van der Waals surface area (Å²) in [7, 11) is 1.96. The van der Waals surface area contributed by atoms with Crippen molar-refractivity contribution in [2.24, 2.45) is 0 Å². The summed E-state index contributed by atoms with van der Waals surface area (Å²) in [6.45, 7) is 6.80. The Morgan fingerprint density at radius 1 is 1.05 bits per heavy atom. The lowest BCUT2D eigenvalue weighted by molar-refractivity contribution is 0.273. The minimum Gasteiger partial charge on any atom is -0.492 e. The smallest absolute Gasteiger partial charge is 0.119 e. The van der Waals surface area contributed by atoms with E-state index in [1.54, 1.807) is 0 Å². The Balaban J connectivity index is 2.10. The highest BCUT2D eigenvalue weighted by Gasteiger charge is 2.11. The highest BCUT2D eigenvalue weighted by molar-refractivity contribution is 6.31. The van der Waals surface area contributed by atoms with Crippen molar-refractivity contribution < 1.29 is 4.74 Å². The van der Waals surface area contributed by atoms with E-state index in [9.17, 15) is 0 Å². The van der Waals surface area contributed by atoms with E-state index < -0.39 is 0 Å². The van der Waals surface area contributed by atoms with Gasteiger partial charge in [0, 0.05) is 5.02 Å². The van der Waals surface area contributed by atoms with E-state index in [0.29, 0.717) is 6.61 Å². The molecule has 21 heavy (non-hydrogen) atoms. The largest absolute Gasteiger partial charge is 0.492 e. The zero-order chi connectivity index (χ0) is 15.4. The Morgan fingerprint density at radius 2 is 1.71 bits per heavy atom. The van der Waals surface area contributed by atoms with Crippen LogP contribution in [0.4, 0.5) is 0 Å². The fraction of sp³-hybridized carbons (Fsp3) is 0.333. The molecule has 2 nitrogen and oxygen atoms in total. The predicted molar refractivity (Wildman–Crippen MR) is 89.4 cm³/mol. The molecule has 0 spiro atoms. The molecular weight excluding hydrogens is 282 g/mol. The molecule has 0 saturated carbocycles. The molecule has 0 aliphatic rings. The van der Waals surface area contributed by atoms with Crippen molar-refractivity contribution in [2.75, 3.05) is 13.7 Å². The average molecular weight is 304 g/mol. The molecule has 0 amide bonds. The molecule has 0 aromatic heterocycles. The maximum Gasteiger partial charge on any atom is 0.119 e. The molecule has 1 unspecified atom stereocenters. The van der Waals surface area contributed by atoms with Gasteiger partial charge in [-0.1, -0.05) is 40.9 Å². The van der Waals surface area contributed by atoms with Crippen molar-refractivity contribution in [3.05, 3.63) is 63.7 Å². The monoisotopic (exact) mass is 303 g/mol. The maximum atomic E-state index is 6.03. The summed E-state index contributed by atoms with van der Waals surface area (Å²) in [6, 6.07) is 12.5. The van der Waals surface area contributed by atoms with Crippen molar-refractivity contribution in [1.29, 1.82) is 0 Å². The molecule has 0 fully saturated rings. The number of ether oxygens (including phenoxy) is 1. The third kappa shape index (κ3) is 4.23. The van der Waals surface area contributed by atoms with E-state index in [-0.39, 0.29) is 6.04 Å². The SMILES string of the molecule is CNC(COc1ccc(Cl)c(C)c1)c1cc(C)cc(C)c1. The molecule has 1 atom stereocenters. The summed E-state index contributed by atoms with van der Waals surface area (Å²) in [6.07, 6.45) is 0. The number of rotatable bonds is 5. The summed E-state index contributed by atoms with van der Waals surface area (Å²) < 4.78 is 5.91. The molecule has 0 aliphatic heterocycles. The lowest BCUT2D eigenvalue weighted by Gasteiger charge is -2.19. The van der Waals surface area contributed by atoms with Gasteiger partial charge in [0.2, 0.25) is 0 Å². The van der Waals surface area contributed by atoms with Crippen molar-refractivity contribution in [1.82, 2.24) is 5.32 Å². The summed E-state index contributed by atoms with van der Waals surface area (Å²) in [5.74, 6) is 0.849. The van der Waals surface area contributed by atoms with Gasteiger partial charge in [0.25, 0.3) is 0 Å². The van der Waals surface area contributed by atoms with Crippen LogP contribution in [-0.4, -0.2) is 13.7 Å². The Bertz CT molecular complexity index is 604. The number of hydrogen-bond donors (Lipinski definition) is 1. The molecule has 2 aromatic carbocycles. The second-order valence-corrected chi connectivity index (χ2v) is 5.89. The summed E-state index contributed by atoms with van der Waals surface area (Å²) in [5, 5.41) is 4.08. The normalized spacial score (nSPS) is 12.2. The van der Waals surface area contributed by atoms with Gasteiger partial charge in [-0.25, -0.2) is 0 Å². The second kappa shape index (κ2) is 6.97. The average Bonchev–Trinajstić information content (AvgIpc) is 2.42. The van der Waals surface area contributed by atoms with E-state index in [1.165, 1.54) is 16.7 Å². The van der Waals surface area contributed by atoms with Crippen LogP contribution in [0.1, 0.15) is 28.3 Å². The van der Waals surface area contributed by atoms with Gasteiger partial charge in [0.15, 0.2) is 0 Å². The van der Waals surface area contributed by atoms with Crippen LogP contribution in [0.25, 0.3) is 0 Å². The van der Waals surface area contributed by atoms with Gasteiger partial charge in [-0.15, -0.1) is 0 Å². The number of halogens is 1. The standard InChI is InChI=1S/C18H22ClNO/c1-12-7-13(2)9-15(8-12)18(20-4)11-21-16-5-6-17(19)14(3)10-16/h5-10,18,20H,11H2,1-4H3. The minimum absolute atomic E-state index is 0.166. The molecule has 0 saturated heterocycles. The van der Waals surface area contributed by atoms with E-state index in [2.05, 4.69) is 37.4 Å². The summed E-state index contributed by atoms with van der Waals surface area (Å²) in [5.41, 5.74) is 4.82. The molecule has 0 radical (unpaired) electrons. The Labute approximate surface area is 132 Å². The molecule has 3 heteroatoms. The first-order chi connectivity index (χ1) is 9.99. The van der Waals surface area contributed by atoms with Crippen LogP contribution in [0.2, 0.25) is 5.02 Å². The van der Waals surface area contributed by atoms with E-state index in [0.717, 1.165) is 16.3 Å². The van der Waals surface area contributed by atoms with E-state index in [1.807, 2.05) is 32.2 Å². The van der Waals surface area contributed by atoms with Crippen molar-refractivity contribution in [3.8, 4) is 5.75 Å². The highest BCUT2D eigenvalue weighted by atomic mass is 35.5. The number of hydrogen-bond acceptors (Lipinski definition) is 2. The van der Waals surface area contributed by atoms with Crippen LogP contribution in [0.5, 0.6) is 5.75 Å². The van der Waals surface area contributed by atoms with E-state index in [4.69, 9.17) is 16.3 Å². The predicted octanol–water partition coefficient (Wildman–Crippen LogP) is 4.60. The van der Waals surface area contributed by atoms with Crippen LogP contribution in [0.15, 0.2) is 36.4 Å². The molecule has 0 aliphatic carbocycles. The molecule has 1 N–H and O–H groups in total. The fourth-order valence-electron chi connectivity index (χ4n) is 2.44. The van der Waals surface area contributed by atoms with Gasteiger partial charge in [-0.3, -0.25) is 0 Å². The lowest BCUT2D eigenvalue weighted by Crippen LogP contribution is -2.23. The maximum absolute atomic E-state index is 6.03. The number of likely N-dealkylation sites (N-methyl/N-ethyl adjacent to an activating group) is 1. The van der Waals surface area contributed by atoms with Crippen molar-refractivity contribution in [2.45, 2.75) is 26.8 Å². The number of benzene rings is 2. The topological polar surface area (TPSA) is 21.3 Å². The molecule has 0 bridgehead atoms. The first-order valence-electron chi connectivity index (χ1n) is 7.14. The van der Waals surface area contributed by atoms with Gasteiger partial charge in [0.1, 0.15) is 12.4 Å². The summed E-state index contributed by atoms with van der Waals surface area (Å²) in [4.78, 5) is 0. The lowest BCUT2D eigenvalue weighted by atomic mass is 10.0. The molecular formula is C18H22ClNO. The van der Waals surface area contributed by atoms with Crippen LogP contribution in [0.3, 0.4) is 0 Å². The molecule has 2 aromatic rings. The van der Waals surface area contributed by atoms with Gasteiger partial charge in [0.05, 0.1) is 6.04 Å². The van der Waals surface area contributed by atoms with Gasteiger partial charge < -0.3 is 10.1 Å². The zero-order valence-electron chi connectivity index (χ0n) is 13.0. The second-order valence-electron chi connectivity index (χ2n) is 5.48. The fourth-order valence-corrected chi connectivity index (χ4v) is 2.56. The quantitative estimate of drug-likeness (QED) is 0.871. The van der Waals surface area contributed by atoms with E-state index >= 15 is 0 Å².